The minimum Gasteiger partial charge on any atom is -0.497 e. The lowest BCUT2D eigenvalue weighted by Crippen LogP contribution is -2.39. The van der Waals surface area contributed by atoms with E-state index in [1.165, 1.54) is 0 Å². The topological polar surface area (TPSA) is 58.6 Å². The molecule has 1 aliphatic rings. The summed E-state index contributed by atoms with van der Waals surface area (Å²) >= 11 is 0. The Morgan fingerprint density at radius 1 is 1.17 bits per heavy atom. The molecule has 0 spiro atoms. The number of methoxy groups -OCH3 is 1. The molecule has 30 heavy (non-hydrogen) atoms. The molecule has 0 saturated carbocycles. The Hall–Kier alpha value is -3.26. The number of carbonyl (C=O) groups is 2. The van der Waals surface area contributed by atoms with Gasteiger partial charge in [-0.25, -0.2) is 0 Å². The molecule has 5 nitrogen and oxygen atoms in total. The number of hydrogen-bond donors (Lipinski definition) is 1. The standard InChI is InChI=1S/C25H28N2O3/c1-30-23-11-5-9-22(17-23)18-26-24(28)14-12-21-10-6-16-27(19-21)25(29)15-13-20-7-3-2-4-8-20/h2-5,7-9,11,17,21H,6,10,12,14,16,18-19H2,1H3,(H,26,28)/t21-/m0/s1. The Morgan fingerprint density at radius 2 is 2.00 bits per heavy atom. The van der Waals surface area contributed by atoms with Crippen LogP contribution in [0.1, 0.15) is 36.8 Å². The number of likely N-dealkylation sites (tertiary alicyclic amines) is 1. The van der Waals surface area contributed by atoms with Gasteiger partial charge in [0.15, 0.2) is 0 Å². The first-order valence-electron chi connectivity index (χ1n) is 10.4. The Balaban J connectivity index is 1.42. The highest BCUT2D eigenvalue weighted by Crippen LogP contribution is 2.21. The molecular weight excluding hydrogens is 376 g/mol. The SMILES string of the molecule is COc1cccc(CNC(=O)CC[C@@H]2CCCN(C(=O)C#Cc3ccccc3)C2)c1. The molecule has 2 aromatic rings. The lowest BCUT2D eigenvalue weighted by Gasteiger charge is -2.31. The Bertz CT molecular complexity index is 915. The van der Waals surface area contributed by atoms with Gasteiger partial charge in [-0.1, -0.05) is 36.3 Å². The molecule has 1 aliphatic heterocycles. The molecule has 1 saturated heterocycles. The first-order valence-corrected chi connectivity index (χ1v) is 10.4. The molecule has 1 heterocycles. The van der Waals surface area contributed by atoms with E-state index in [4.69, 9.17) is 4.74 Å². The highest BCUT2D eigenvalue weighted by Gasteiger charge is 2.23. The number of piperidine rings is 1. The largest absolute Gasteiger partial charge is 0.497 e. The van der Waals surface area contributed by atoms with E-state index in [1.807, 2.05) is 59.5 Å². The van der Waals surface area contributed by atoms with Crippen LogP contribution in [-0.2, 0) is 16.1 Å². The maximum absolute atomic E-state index is 12.4. The lowest BCUT2D eigenvalue weighted by molar-refractivity contribution is -0.126. The third-order valence-electron chi connectivity index (χ3n) is 5.30. The molecule has 3 rings (SSSR count). The normalized spacial score (nSPS) is 15.6. The molecule has 0 unspecified atom stereocenters. The van der Waals surface area contributed by atoms with Crippen molar-refractivity contribution < 1.29 is 14.3 Å². The highest BCUT2D eigenvalue weighted by molar-refractivity contribution is 5.94. The number of hydrogen-bond acceptors (Lipinski definition) is 3. The van der Waals surface area contributed by atoms with E-state index in [1.54, 1.807) is 7.11 Å². The molecule has 1 atom stereocenters. The monoisotopic (exact) mass is 404 g/mol. The summed E-state index contributed by atoms with van der Waals surface area (Å²) in [5.41, 5.74) is 1.85. The van der Waals surface area contributed by atoms with Gasteiger partial charge in [0.25, 0.3) is 5.91 Å². The molecule has 2 amide bonds. The summed E-state index contributed by atoms with van der Waals surface area (Å²) in [6, 6.07) is 17.2. The molecule has 0 radical (unpaired) electrons. The van der Waals surface area contributed by atoms with Crippen LogP contribution in [0.25, 0.3) is 0 Å². The van der Waals surface area contributed by atoms with Gasteiger partial charge in [0.05, 0.1) is 7.11 Å². The van der Waals surface area contributed by atoms with E-state index in [-0.39, 0.29) is 11.8 Å². The Morgan fingerprint density at radius 3 is 2.80 bits per heavy atom. The van der Waals surface area contributed by atoms with Crippen molar-refractivity contribution in [3.05, 3.63) is 65.7 Å². The van der Waals surface area contributed by atoms with Gasteiger partial charge in [-0.05, 0) is 55.0 Å². The second-order valence-corrected chi connectivity index (χ2v) is 7.54. The summed E-state index contributed by atoms with van der Waals surface area (Å²) in [7, 11) is 1.63. The maximum atomic E-state index is 12.4. The minimum atomic E-state index is -0.133. The van der Waals surface area contributed by atoms with Crippen molar-refractivity contribution in [2.45, 2.75) is 32.2 Å². The van der Waals surface area contributed by atoms with Gasteiger partial charge in [-0.15, -0.1) is 0 Å². The van der Waals surface area contributed by atoms with Gasteiger partial charge in [0.1, 0.15) is 5.75 Å². The molecule has 5 heteroatoms. The highest BCUT2D eigenvalue weighted by atomic mass is 16.5. The van der Waals surface area contributed by atoms with Crippen molar-refractivity contribution >= 4 is 11.8 Å². The van der Waals surface area contributed by atoms with E-state index < -0.39 is 0 Å². The number of amides is 2. The first kappa shape index (κ1) is 21.4. The molecule has 156 valence electrons. The second-order valence-electron chi connectivity index (χ2n) is 7.54. The zero-order valence-corrected chi connectivity index (χ0v) is 17.4. The Labute approximate surface area is 178 Å². The van der Waals surface area contributed by atoms with Gasteiger partial charge >= 0.3 is 0 Å². The number of carbonyl (C=O) groups excluding carboxylic acids is 2. The van der Waals surface area contributed by atoms with E-state index in [2.05, 4.69) is 17.2 Å². The van der Waals surface area contributed by atoms with E-state index in [0.29, 0.717) is 25.4 Å². The van der Waals surface area contributed by atoms with Crippen LogP contribution in [-0.4, -0.2) is 36.9 Å². The summed E-state index contributed by atoms with van der Waals surface area (Å²) in [4.78, 5) is 26.5. The summed E-state index contributed by atoms with van der Waals surface area (Å²) in [6.07, 6.45) is 3.24. The quantitative estimate of drug-likeness (QED) is 0.751. The minimum absolute atomic E-state index is 0.0325. The maximum Gasteiger partial charge on any atom is 0.298 e. The third kappa shape index (κ3) is 6.66. The summed E-state index contributed by atoms with van der Waals surface area (Å²) < 4.78 is 5.21. The van der Waals surface area contributed by atoms with Gasteiger partial charge in [-0.3, -0.25) is 9.59 Å². The summed E-state index contributed by atoms with van der Waals surface area (Å²) in [5.74, 6) is 6.70. The zero-order valence-electron chi connectivity index (χ0n) is 17.4. The fourth-order valence-corrected chi connectivity index (χ4v) is 3.62. The van der Waals surface area contributed by atoms with Gasteiger partial charge in [-0.2, -0.15) is 0 Å². The van der Waals surface area contributed by atoms with Crippen molar-refractivity contribution in [3.63, 3.8) is 0 Å². The van der Waals surface area contributed by atoms with Crippen LogP contribution in [0.4, 0.5) is 0 Å². The number of benzene rings is 2. The van der Waals surface area contributed by atoms with E-state index in [0.717, 1.165) is 42.7 Å². The van der Waals surface area contributed by atoms with Gasteiger partial charge in [0, 0.05) is 37.5 Å². The van der Waals surface area contributed by atoms with Gasteiger partial charge in [0.2, 0.25) is 5.91 Å². The number of rotatable bonds is 6. The van der Waals surface area contributed by atoms with Crippen molar-refractivity contribution in [1.82, 2.24) is 10.2 Å². The summed E-state index contributed by atoms with van der Waals surface area (Å²) in [6.45, 7) is 1.90. The van der Waals surface area contributed by atoms with Crippen molar-refractivity contribution in [1.29, 1.82) is 0 Å². The predicted molar refractivity (Wildman–Crippen MR) is 117 cm³/mol. The van der Waals surface area contributed by atoms with E-state index >= 15 is 0 Å². The van der Waals surface area contributed by atoms with Crippen LogP contribution >= 0.6 is 0 Å². The fraction of sp³-hybridized carbons (Fsp3) is 0.360. The van der Waals surface area contributed by atoms with Crippen LogP contribution in [0.15, 0.2) is 54.6 Å². The predicted octanol–water partition coefficient (Wildman–Crippen LogP) is 3.38. The van der Waals surface area contributed by atoms with Crippen LogP contribution in [0.3, 0.4) is 0 Å². The van der Waals surface area contributed by atoms with Crippen LogP contribution < -0.4 is 10.1 Å². The molecule has 0 aromatic heterocycles. The van der Waals surface area contributed by atoms with Crippen LogP contribution in [0.2, 0.25) is 0 Å². The first-order chi connectivity index (χ1) is 14.6. The molecule has 1 N–H and O–H groups in total. The number of nitrogens with one attached hydrogen (secondary N) is 1. The van der Waals surface area contributed by atoms with Crippen LogP contribution in [0, 0.1) is 17.8 Å². The van der Waals surface area contributed by atoms with E-state index in [9.17, 15) is 9.59 Å². The van der Waals surface area contributed by atoms with Crippen molar-refractivity contribution in [2.75, 3.05) is 20.2 Å². The summed E-state index contributed by atoms with van der Waals surface area (Å²) in [5, 5.41) is 2.96. The van der Waals surface area contributed by atoms with Crippen LogP contribution in [0.5, 0.6) is 5.75 Å². The third-order valence-corrected chi connectivity index (χ3v) is 5.30. The van der Waals surface area contributed by atoms with Crippen molar-refractivity contribution in [3.8, 4) is 17.6 Å². The Kier molecular flexibility index (Phi) is 7.91. The molecule has 0 aliphatic carbocycles. The molecule has 2 aromatic carbocycles. The number of ether oxygens (including phenoxy) is 1. The average Bonchev–Trinajstić information content (AvgIpc) is 2.81. The number of nitrogens with zero attached hydrogens (tertiary/aromatic N) is 1. The zero-order chi connectivity index (χ0) is 21.2. The molecule has 0 bridgehead atoms. The molecular formula is C25H28N2O3. The average molecular weight is 405 g/mol. The molecule has 1 fully saturated rings. The van der Waals surface area contributed by atoms with Gasteiger partial charge < -0.3 is 15.0 Å². The van der Waals surface area contributed by atoms with Crippen molar-refractivity contribution in [2.24, 2.45) is 5.92 Å². The second kappa shape index (κ2) is 11.1. The lowest BCUT2D eigenvalue weighted by atomic mass is 9.93. The smallest absolute Gasteiger partial charge is 0.298 e. The fourth-order valence-electron chi connectivity index (χ4n) is 3.62.